The first kappa shape index (κ1) is 18.3. The van der Waals surface area contributed by atoms with E-state index in [9.17, 15) is 22.4 Å². The highest BCUT2D eigenvalue weighted by molar-refractivity contribution is 5.90. The normalized spacial score (nSPS) is 17.3. The Kier molecular flexibility index (Phi) is 4.49. The molecule has 0 spiro atoms. The maximum Gasteiger partial charge on any atom is 0.414 e. The minimum atomic E-state index is -4.65. The largest absolute Gasteiger partial charge is 0.414 e. The second-order valence-corrected chi connectivity index (χ2v) is 6.74. The highest BCUT2D eigenvalue weighted by atomic mass is 19.4. The lowest BCUT2D eigenvalue weighted by Crippen LogP contribution is -2.44. The second-order valence-electron chi connectivity index (χ2n) is 6.74. The summed E-state index contributed by atoms with van der Waals surface area (Å²) in [6.07, 6.45) is -3.81. The van der Waals surface area contributed by atoms with Gasteiger partial charge in [0.15, 0.2) is 6.04 Å². The molecule has 0 aliphatic carbocycles. The van der Waals surface area contributed by atoms with Crippen molar-refractivity contribution in [1.82, 2.24) is 9.88 Å². The smallest absolute Gasteiger partial charge is 0.356 e. The van der Waals surface area contributed by atoms with Crippen LogP contribution in [0.5, 0.6) is 0 Å². The Morgan fingerprint density at radius 1 is 1.11 bits per heavy atom. The summed E-state index contributed by atoms with van der Waals surface area (Å²) in [7, 11) is 0. The molecule has 0 saturated heterocycles. The fraction of sp³-hybridized carbons (Fsp3) is 0.250. The van der Waals surface area contributed by atoms with Crippen molar-refractivity contribution >= 4 is 22.6 Å². The maximum atomic E-state index is 14.0. The molecule has 28 heavy (non-hydrogen) atoms. The van der Waals surface area contributed by atoms with Crippen molar-refractivity contribution in [1.29, 1.82) is 0 Å². The molecule has 146 valence electrons. The van der Waals surface area contributed by atoms with E-state index < -0.39 is 24.1 Å². The summed E-state index contributed by atoms with van der Waals surface area (Å²) in [5, 5.41) is 3.18. The number of amides is 2. The number of carbonyl (C=O) groups excluding carboxylic acids is 1. The number of H-pyrrole nitrogens is 1. The van der Waals surface area contributed by atoms with Gasteiger partial charge in [-0.2, -0.15) is 13.2 Å². The third kappa shape index (κ3) is 3.30. The van der Waals surface area contributed by atoms with E-state index in [-0.39, 0.29) is 17.9 Å². The van der Waals surface area contributed by atoms with Crippen molar-refractivity contribution in [3.63, 3.8) is 0 Å². The highest BCUT2D eigenvalue weighted by Crippen LogP contribution is 2.43. The first-order chi connectivity index (χ1) is 13.3. The van der Waals surface area contributed by atoms with E-state index in [1.165, 1.54) is 12.1 Å². The first-order valence-corrected chi connectivity index (χ1v) is 8.84. The van der Waals surface area contributed by atoms with Gasteiger partial charge in [0, 0.05) is 23.1 Å². The Labute approximate surface area is 158 Å². The molecule has 4 nitrogen and oxygen atoms in total. The molecule has 8 heteroatoms. The molecule has 2 heterocycles. The summed E-state index contributed by atoms with van der Waals surface area (Å²) in [4.78, 5) is 16.4. The van der Waals surface area contributed by atoms with Crippen LogP contribution < -0.4 is 5.32 Å². The van der Waals surface area contributed by atoms with E-state index in [4.69, 9.17) is 0 Å². The third-order valence-corrected chi connectivity index (χ3v) is 4.92. The Bertz CT molecular complexity index is 1010. The Morgan fingerprint density at radius 2 is 1.82 bits per heavy atom. The molecular formula is C20H17F4N3O. The van der Waals surface area contributed by atoms with Crippen molar-refractivity contribution in [3.8, 4) is 0 Å². The van der Waals surface area contributed by atoms with Crippen molar-refractivity contribution < 1.29 is 22.4 Å². The Morgan fingerprint density at radius 3 is 2.54 bits per heavy atom. The van der Waals surface area contributed by atoms with E-state index in [0.717, 1.165) is 22.4 Å². The standard InChI is InChI=1S/C20H17F4N3O/c21-12-7-9-13(10-8-12)25-19(28)27-11-3-5-15-14-4-1-2-6-16(14)26-17(15)18(27)20(22,23)24/h1-2,4,6-10,18,26H,3,5,11H2,(H,25,28). The van der Waals surface area contributed by atoms with Crippen LogP contribution in [0.2, 0.25) is 0 Å². The number of alkyl halides is 3. The number of para-hydroxylation sites is 1. The van der Waals surface area contributed by atoms with Gasteiger partial charge in [0.05, 0.1) is 5.69 Å². The van der Waals surface area contributed by atoms with Gasteiger partial charge < -0.3 is 15.2 Å². The van der Waals surface area contributed by atoms with Crippen molar-refractivity contribution in [2.45, 2.75) is 25.1 Å². The number of aromatic nitrogens is 1. The average Bonchev–Trinajstić information content (AvgIpc) is 2.87. The number of aryl methyl sites for hydroxylation is 1. The number of benzene rings is 2. The van der Waals surface area contributed by atoms with Gasteiger partial charge in [-0.15, -0.1) is 0 Å². The number of hydrogen-bond acceptors (Lipinski definition) is 1. The molecule has 0 bridgehead atoms. The van der Waals surface area contributed by atoms with Gasteiger partial charge in [-0.25, -0.2) is 9.18 Å². The lowest BCUT2D eigenvalue weighted by Gasteiger charge is -2.31. The molecule has 0 radical (unpaired) electrons. The summed E-state index contributed by atoms with van der Waals surface area (Å²) < 4.78 is 55.2. The van der Waals surface area contributed by atoms with Crippen LogP contribution in [0.1, 0.15) is 23.7 Å². The van der Waals surface area contributed by atoms with Gasteiger partial charge >= 0.3 is 12.2 Å². The average molecular weight is 391 g/mol. The molecule has 1 aromatic heterocycles. The molecule has 2 N–H and O–H groups in total. The van der Waals surface area contributed by atoms with Gasteiger partial charge in [0.25, 0.3) is 0 Å². The fourth-order valence-electron chi connectivity index (χ4n) is 3.72. The van der Waals surface area contributed by atoms with Crippen LogP contribution >= 0.6 is 0 Å². The number of rotatable bonds is 1. The zero-order valence-electron chi connectivity index (χ0n) is 14.7. The summed E-state index contributed by atoms with van der Waals surface area (Å²) in [5.41, 5.74) is 1.44. The van der Waals surface area contributed by atoms with Crippen LogP contribution in [0.4, 0.5) is 28.0 Å². The van der Waals surface area contributed by atoms with E-state index in [1.54, 1.807) is 24.3 Å². The maximum absolute atomic E-state index is 14.0. The molecular weight excluding hydrogens is 374 g/mol. The van der Waals surface area contributed by atoms with Gasteiger partial charge in [-0.1, -0.05) is 18.2 Å². The van der Waals surface area contributed by atoms with Crippen LogP contribution in [-0.2, 0) is 6.42 Å². The van der Waals surface area contributed by atoms with E-state index in [0.29, 0.717) is 23.9 Å². The molecule has 2 aromatic carbocycles. The summed E-state index contributed by atoms with van der Waals surface area (Å²) in [6.45, 7) is -0.0476. The number of aromatic amines is 1. The molecule has 1 aliphatic heterocycles. The van der Waals surface area contributed by atoms with Crippen LogP contribution in [-0.4, -0.2) is 28.6 Å². The number of halogens is 4. The van der Waals surface area contributed by atoms with Gasteiger partial charge in [-0.3, -0.25) is 0 Å². The molecule has 1 atom stereocenters. The number of nitrogens with one attached hydrogen (secondary N) is 2. The van der Waals surface area contributed by atoms with Crippen molar-refractivity contribution in [3.05, 3.63) is 65.6 Å². The fourth-order valence-corrected chi connectivity index (χ4v) is 3.72. The minimum Gasteiger partial charge on any atom is -0.356 e. The number of anilines is 1. The highest BCUT2D eigenvalue weighted by Gasteiger charge is 2.49. The second kappa shape index (κ2) is 6.85. The lowest BCUT2D eigenvalue weighted by atomic mass is 10.0. The Balaban J connectivity index is 1.74. The Hall–Kier alpha value is -3.03. The SMILES string of the molecule is O=C(Nc1ccc(F)cc1)N1CCCc2c([nH]c3ccccc23)C1C(F)(F)F. The summed E-state index contributed by atoms with van der Waals surface area (Å²) >= 11 is 0. The zero-order valence-corrected chi connectivity index (χ0v) is 14.7. The van der Waals surface area contributed by atoms with E-state index in [1.807, 2.05) is 0 Å². The first-order valence-electron chi connectivity index (χ1n) is 8.84. The molecule has 0 fully saturated rings. The van der Waals surface area contributed by atoms with Gasteiger partial charge in [0.1, 0.15) is 5.82 Å². The number of nitrogens with zero attached hydrogens (tertiary/aromatic N) is 1. The minimum absolute atomic E-state index is 0.000422. The van der Waals surface area contributed by atoms with Crippen LogP contribution in [0, 0.1) is 5.82 Å². The summed E-state index contributed by atoms with van der Waals surface area (Å²) in [5.74, 6) is -0.497. The van der Waals surface area contributed by atoms with Gasteiger partial charge in [-0.05, 0) is 48.7 Å². The van der Waals surface area contributed by atoms with Crippen LogP contribution in [0.3, 0.4) is 0 Å². The number of carbonyl (C=O) groups is 1. The number of urea groups is 1. The third-order valence-electron chi connectivity index (χ3n) is 4.92. The van der Waals surface area contributed by atoms with E-state index >= 15 is 0 Å². The van der Waals surface area contributed by atoms with Gasteiger partial charge in [0.2, 0.25) is 0 Å². The molecule has 1 aliphatic rings. The predicted molar refractivity (Wildman–Crippen MR) is 97.5 cm³/mol. The monoisotopic (exact) mass is 391 g/mol. The van der Waals surface area contributed by atoms with Crippen molar-refractivity contribution in [2.24, 2.45) is 0 Å². The summed E-state index contributed by atoms with van der Waals surface area (Å²) in [6, 6.07) is 8.96. The molecule has 2 amide bonds. The lowest BCUT2D eigenvalue weighted by molar-refractivity contribution is -0.178. The molecule has 1 unspecified atom stereocenters. The number of fused-ring (bicyclic) bond motifs is 3. The van der Waals surface area contributed by atoms with Crippen LogP contribution in [0.15, 0.2) is 48.5 Å². The molecule has 0 saturated carbocycles. The van der Waals surface area contributed by atoms with E-state index in [2.05, 4.69) is 10.3 Å². The predicted octanol–water partition coefficient (Wildman–Crippen LogP) is 5.39. The topological polar surface area (TPSA) is 48.1 Å². The van der Waals surface area contributed by atoms with Crippen molar-refractivity contribution in [2.75, 3.05) is 11.9 Å². The molecule has 4 rings (SSSR count). The zero-order chi connectivity index (χ0) is 19.9. The quantitative estimate of drug-likeness (QED) is 0.537. The van der Waals surface area contributed by atoms with Crippen LogP contribution in [0.25, 0.3) is 10.9 Å². The molecule has 3 aromatic rings. The number of hydrogen-bond donors (Lipinski definition) is 2.